The zero-order chi connectivity index (χ0) is 77.6. The third kappa shape index (κ3) is 26.5. The Morgan fingerprint density at radius 3 is 1.30 bits per heavy atom. The fraction of sp³-hybridized carbons (Fsp3) is 0.846. The molecule has 5 rings (SSSR count). The van der Waals surface area contributed by atoms with Crippen LogP contribution in [-0.2, 0) is 62.3 Å². The first kappa shape index (κ1) is 88.2. The van der Waals surface area contributed by atoms with Gasteiger partial charge in [-0.25, -0.2) is 0 Å². The summed E-state index contributed by atoms with van der Waals surface area (Å²) in [4.78, 5) is 191. The Labute approximate surface area is 622 Å². The first-order chi connectivity index (χ1) is 48.8. The second-order valence-corrected chi connectivity index (χ2v) is 33.9. The summed E-state index contributed by atoms with van der Waals surface area (Å²) in [6, 6.07) is -13.0. The van der Waals surface area contributed by atoms with Gasteiger partial charge in [0.15, 0.2) is 0 Å². The van der Waals surface area contributed by atoms with E-state index in [1.807, 2.05) is 41.5 Å². The number of nitrogens with one attached hydrogen (secondary N) is 5. The number of carbonyl (C=O) groups excluding carboxylic acids is 12. The highest BCUT2D eigenvalue weighted by molar-refractivity contribution is 6.00. The van der Waals surface area contributed by atoms with Crippen molar-refractivity contribution in [2.75, 3.05) is 68.5 Å². The zero-order valence-electron chi connectivity index (χ0n) is 66.8. The predicted molar refractivity (Wildman–Crippen MR) is 399 cm³/mol. The lowest BCUT2D eigenvalue weighted by Gasteiger charge is -2.39. The third-order valence-electron chi connectivity index (χ3n) is 22.2. The SMILES string of the molecule is CC(C)C[C@@H]1NC(=O)[C@H](CC2CCCCC2)N(C)C(=O)C(C(C)C)NC(=O)C[C@@H](C(=O)N2CCCCC2)NC(=O)[C@H](CC2CCCCC2)N(C)C(=O)[C@H](CC2CCCCC2)N(C)C(=O)[C@H](COC(C)(C)C)NC(=O)[C@H](CC(C)C)N(C)C(=O)CN(C)C(=O)[C@H]([C@@H](C)O)NC(=O)[C@H](CC(C)C)N(C)C1=O. The van der Waals surface area contributed by atoms with Crippen LogP contribution in [-0.4, -0.2) is 251 Å². The molecule has 0 aromatic rings. The van der Waals surface area contributed by atoms with Gasteiger partial charge in [0.1, 0.15) is 60.4 Å². The van der Waals surface area contributed by atoms with Crippen molar-refractivity contribution in [2.45, 2.75) is 316 Å². The molecule has 6 N–H and O–H groups in total. The molecule has 2 aliphatic heterocycles. The van der Waals surface area contributed by atoms with Crippen molar-refractivity contribution in [3.63, 3.8) is 0 Å². The number of likely N-dealkylation sites (tertiary alicyclic amines) is 1. The number of carbonyl (C=O) groups is 12. The van der Waals surface area contributed by atoms with Gasteiger partial charge in [-0.1, -0.05) is 152 Å². The van der Waals surface area contributed by atoms with Gasteiger partial charge in [0.2, 0.25) is 70.9 Å². The average molecular weight is 1470 g/mol. The highest BCUT2D eigenvalue weighted by Crippen LogP contribution is 2.34. The normalized spacial score (nSPS) is 27.9. The molecule has 0 aromatic carbocycles. The zero-order valence-corrected chi connectivity index (χ0v) is 66.8. The van der Waals surface area contributed by atoms with Crippen LogP contribution in [0.5, 0.6) is 0 Å². The largest absolute Gasteiger partial charge is 0.391 e. The molecule has 3 aliphatic carbocycles. The molecule has 0 aromatic heterocycles. The molecule has 3 saturated carbocycles. The lowest BCUT2D eigenvalue weighted by molar-refractivity contribution is -0.152. The third-order valence-corrected chi connectivity index (χ3v) is 22.2. The molecule has 5 aliphatic rings. The Morgan fingerprint density at radius 1 is 0.442 bits per heavy atom. The van der Waals surface area contributed by atoms with Crippen LogP contribution < -0.4 is 26.6 Å². The number of nitrogens with zero attached hydrogens (tertiary/aromatic N) is 7. The minimum atomic E-state index is -1.64. The first-order valence-corrected chi connectivity index (χ1v) is 39.5. The van der Waals surface area contributed by atoms with E-state index in [1.54, 1.807) is 46.6 Å². The molecule has 12 amide bonds. The minimum absolute atomic E-state index is 0.00255. The van der Waals surface area contributed by atoms with Gasteiger partial charge in [0.05, 0.1) is 31.3 Å². The lowest BCUT2D eigenvalue weighted by Crippen LogP contribution is -2.62. The van der Waals surface area contributed by atoms with Gasteiger partial charge in [0, 0.05) is 55.4 Å². The van der Waals surface area contributed by atoms with E-state index in [-0.39, 0.29) is 80.6 Å². The van der Waals surface area contributed by atoms with Crippen LogP contribution in [0.3, 0.4) is 0 Å². The van der Waals surface area contributed by atoms with E-state index in [0.29, 0.717) is 25.9 Å². The lowest BCUT2D eigenvalue weighted by atomic mass is 9.83. The fourth-order valence-electron chi connectivity index (χ4n) is 15.8. The predicted octanol–water partition coefficient (Wildman–Crippen LogP) is 6.32. The van der Waals surface area contributed by atoms with Crippen molar-refractivity contribution < 1.29 is 67.4 Å². The number of amides is 12. The maximum absolute atomic E-state index is 15.9. The van der Waals surface area contributed by atoms with Crippen molar-refractivity contribution in [3.8, 4) is 0 Å². The molecule has 1 unspecified atom stereocenters. The minimum Gasteiger partial charge on any atom is -0.391 e. The van der Waals surface area contributed by atoms with Crippen LogP contribution in [0.25, 0.3) is 0 Å². The molecule has 2 saturated heterocycles. The highest BCUT2D eigenvalue weighted by atomic mass is 16.5. The second-order valence-electron chi connectivity index (χ2n) is 33.9. The van der Waals surface area contributed by atoms with Crippen molar-refractivity contribution in [1.82, 2.24) is 60.9 Å². The van der Waals surface area contributed by atoms with E-state index >= 15 is 38.4 Å². The summed E-state index contributed by atoms with van der Waals surface area (Å²) in [7, 11) is 8.73. The quantitative estimate of drug-likeness (QED) is 0.0929. The molecule has 26 nitrogen and oxygen atoms in total. The molecule has 11 atom stereocenters. The number of ether oxygens (including phenoxy) is 1. The Bertz CT molecular complexity index is 2860. The summed E-state index contributed by atoms with van der Waals surface area (Å²) in [5.41, 5.74) is -0.829. The van der Waals surface area contributed by atoms with Gasteiger partial charge in [-0.15, -0.1) is 0 Å². The van der Waals surface area contributed by atoms with Crippen LogP contribution in [0, 0.1) is 41.4 Å². The van der Waals surface area contributed by atoms with E-state index in [1.165, 1.54) is 66.7 Å². The van der Waals surface area contributed by atoms with E-state index in [4.69, 9.17) is 4.74 Å². The topological polar surface area (TPSA) is 317 Å². The smallest absolute Gasteiger partial charge is 0.248 e. The van der Waals surface area contributed by atoms with E-state index in [2.05, 4.69) is 26.6 Å². The number of hydrogen-bond donors (Lipinski definition) is 6. The summed E-state index contributed by atoms with van der Waals surface area (Å²) in [5, 5.41) is 25.8. The highest BCUT2D eigenvalue weighted by Gasteiger charge is 2.45. The number of piperidine rings is 1. The molecular formula is C78H136N12O14. The molecule has 104 heavy (non-hydrogen) atoms. The van der Waals surface area contributed by atoms with E-state index in [9.17, 15) is 24.3 Å². The molecule has 0 radical (unpaired) electrons. The number of hydrogen-bond acceptors (Lipinski definition) is 14. The van der Waals surface area contributed by atoms with Crippen molar-refractivity contribution in [2.24, 2.45) is 41.4 Å². The maximum atomic E-state index is 15.9. The summed E-state index contributed by atoms with van der Waals surface area (Å²) < 4.78 is 6.28. The molecule has 2 heterocycles. The summed E-state index contributed by atoms with van der Waals surface area (Å²) >= 11 is 0. The molecule has 26 heteroatoms. The Hall–Kier alpha value is -6.44. The second kappa shape index (κ2) is 41.6. The number of likely N-dealkylation sites (N-methyl/N-ethyl adjacent to an activating group) is 6. The van der Waals surface area contributed by atoms with Gasteiger partial charge in [-0.05, 0) is 127 Å². The standard InChI is InChI=1S/C78H136N12O14/c1-48(2)39-56-72(98)86(15)60(41-50(5)6)71(97)83-67(52(9)91)76(102)84(13)46-65(93)85(14)59(40-49(3)4)68(94)81-58(47-104-78(10,11)12)73(99)89(18)63(44-55-35-27-21-28-36-55)75(101)87(16)61(42-53-31-23-19-24-32-53)69(95)80-57(74(100)90-37-29-22-30-38-90)45-64(92)82-66(51(7)8)77(103)88(17)62(70(96)79-56)43-54-33-25-20-26-34-54/h48-63,66-67,91H,19-47H2,1-18H3,(H,79,96)(H,80,95)(H,81,94)(H,82,92)(H,83,97)/t52-,56+,57+,58+,59+,60+,61+,62+,63+,66?,67+/m1/s1. The van der Waals surface area contributed by atoms with Gasteiger partial charge in [-0.2, -0.15) is 0 Å². The Morgan fingerprint density at radius 2 is 0.837 bits per heavy atom. The number of rotatable bonds is 17. The Kier molecular flexibility index (Phi) is 35.3. The van der Waals surface area contributed by atoms with Crippen LogP contribution >= 0.6 is 0 Å². The fourth-order valence-corrected chi connectivity index (χ4v) is 15.8. The Balaban J connectivity index is 1.71. The summed E-state index contributed by atoms with van der Waals surface area (Å²) in [6.07, 6.45) is 14.4. The number of aliphatic hydroxyl groups excluding tert-OH is 1. The molecule has 5 fully saturated rings. The monoisotopic (exact) mass is 1470 g/mol. The van der Waals surface area contributed by atoms with Crippen LogP contribution in [0.1, 0.15) is 244 Å². The maximum Gasteiger partial charge on any atom is 0.248 e. The first-order valence-electron chi connectivity index (χ1n) is 39.5. The van der Waals surface area contributed by atoms with Gasteiger partial charge < -0.3 is 70.7 Å². The summed E-state index contributed by atoms with van der Waals surface area (Å²) in [5.74, 6) is -9.12. The van der Waals surface area contributed by atoms with Gasteiger partial charge in [-0.3, -0.25) is 57.5 Å². The molecule has 0 spiro atoms. The number of aliphatic hydroxyl groups is 1. The van der Waals surface area contributed by atoms with Crippen LogP contribution in [0.2, 0.25) is 0 Å². The average Bonchev–Trinajstić information content (AvgIpc) is 0.806. The van der Waals surface area contributed by atoms with E-state index in [0.717, 1.165) is 108 Å². The van der Waals surface area contributed by atoms with Crippen LogP contribution in [0.4, 0.5) is 0 Å². The van der Waals surface area contributed by atoms with Crippen molar-refractivity contribution in [1.29, 1.82) is 0 Å². The molecular weight excluding hydrogens is 1330 g/mol. The molecule has 592 valence electrons. The van der Waals surface area contributed by atoms with Crippen LogP contribution in [0.15, 0.2) is 0 Å². The van der Waals surface area contributed by atoms with Gasteiger partial charge in [0.25, 0.3) is 0 Å². The van der Waals surface area contributed by atoms with Crippen molar-refractivity contribution >= 4 is 70.9 Å². The van der Waals surface area contributed by atoms with Crippen molar-refractivity contribution in [3.05, 3.63) is 0 Å². The molecule has 0 bridgehead atoms. The van der Waals surface area contributed by atoms with Gasteiger partial charge >= 0.3 is 0 Å². The summed E-state index contributed by atoms with van der Waals surface area (Å²) in [6.45, 7) is 21.2. The van der Waals surface area contributed by atoms with E-state index < -0.39 is 162 Å².